The van der Waals surface area contributed by atoms with E-state index in [4.69, 9.17) is 5.73 Å². The first-order valence-electron chi connectivity index (χ1n) is 7.25. The molecule has 1 fully saturated rings. The van der Waals surface area contributed by atoms with Gasteiger partial charge in [-0.25, -0.2) is 4.98 Å². The Labute approximate surface area is 120 Å². The smallest absolute Gasteiger partial charge is 0.272 e. The van der Waals surface area contributed by atoms with Gasteiger partial charge in [-0.05, 0) is 25.0 Å². The average Bonchev–Trinajstić information content (AvgIpc) is 2.45. The molecule has 0 spiro atoms. The molecule has 1 aromatic heterocycles. The molecule has 0 aromatic carbocycles. The zero-order chi connectivity index (χ0) is 14.2. The van der Waals surface area contributed by atoms with Crippen LogP contribution in [-0.2, 0) is 0 Å². The minimum absolute atomic E-state index is 0.0326. The molecule has 0 bridgehead atoms. The van der Waals surface area contributed by atoms with Crippen LogP contribution in [0.4, 0.5) is 0 Å². The maximum atomic E-state index is 12.4. The first-order valence-corrected chi connectivity index (χ1v) is 7.25. The lowest BCUT2D eigenvalue weighted by Gasteiger charge is -2.24. The quantitative estimate of drug-likeness (QED) is 0.792. The van der Waals surface area contributed by atoms with Crippen LogP contribution in [-0.4, -0.2) is 35.4 Å². The van der Waals surface area contributed by atoms with E-state index in [1.165, 1.54) is 19.3 Å². The normalized spacial score (nSPS) is 15.8. The van der Waals surface area contributed by atoms with Gasteiger partial charge in [0.1, 0.15) is 5.69 Å². The summed E-state index contributed by atoms with van der Waals surface area (Å²) in [6.45, 7) is 2.01. The van der Waals surface area contributed by atoms with Crippen LogP contribution in [0.1, 0.15) is 48.2 Å². The molecular weight excluding hydrogens is 250 g/mol. The molecule has 1 aliphatic rings. The van der Waals surface area contributed by atoms with Crippen molar-refractivity contribution in [3.05, 3.63) is 29.6 Å². The van der Waals surface area contributed by atoms with E-state index in [0.29, 0.717) is 12.2 Å². The van der Waals surface area contributed by atoms with Gasteiger partial charge in [0.05, 0.1) is 6.54 Å². The summed E-state index contributed by atoms with van der Waals surface area (Å²) in [5.74, 6) is 5.71. The maximum absolute atomic E-state index is 12.4. The molecule has 0 radical (unpaired) electrons. The first kappa shape index (κ1) is 14.5. The Morgan fingerprint density at radius 3 is 2.50 bits per heavy atom. The van der Waals surface area contributed by atoms with E-state index < -0.39 is 0 Å². The number of carbonyl (C=O) groups excluding carboxylic acids is 1. The molecule has 4 nitrogen and oxygen atoms in total. The van der Waals surface area contributed by atoms with Crippen LogP contribution < -0.4 is 5.73 Å². The van der Waals surface area contributed by atoms with E-state index in [1.54, 1.807) is 12.3 Å². The number of carbonyl (C=O) groups is 1. The summed E-state index contributed by atoms with van der Waals surface area (Å²) in [6.07, 6.45) is 7.53. The standard InChI is InChI=1S/C16H21N3O/c17-10-6-7-14-8-9-15(18-13-14)16(20)19-11-4-2-1-3-5-12-19/h8-9,13H,1-5,10-12,17H2. The predicted molar refractivity (Wildman–Crippen MR) is 79.2 cm³/mol. The zero-order valence-electron chi connectivity index (χ0n) is 11.8. The van der Waals surface area contributed by atoms with E-state index in [-0.39, 0.29) is 5.91 Å². The van der Waals surface area contributed by atoms with Crippen molar-refractivity contribution in [1.29, 1.82) is 0 Å². The van der Waals surface area contributed by atoms with Crippen molar-refractivity contribution in [1.82, 2.24) is 9.88 Å². The highest BCUT2D eigenvalue weighted by molar-refractivity contribution is 5.92. The van der Waals surface area contributed by atoms with Crippen LogP contribution in [0.3, 0.4) is 0 Å². The van der Waals surface area contributed by atoms with E-state index in [2.05, 4.69) is 16.8 Å². The lowest BCUT2D eigenvalue weighted by atomic mass is 10.1. The second-order valence-electron chi connectivity index (χ2n) is 5.00. The summed E-state index contributed by atoms with van der Waals surface area (Å²) in [4.78, 5) is 18.5. The highest BCUT2D eigenvalue weighted by Gasteiger charge is 2.17. The Bertz CT molecular complexity index is 491. The molecule has 1 amide bonds. The number of hydrogen-bond acceptors (Lipinski definition) is 3. The molecule has 1 saturated heterocycles. The third kappa shape index (κ3) is 4.07. The topological polar surface area (TPSA) is 59.2 Å². The fourth-order valence-electron chi connectivity index (χ4n) is 2.36. The summed E-state index contributed by atoms with van der Waals surface area (Å²) in [7, 11) is 0. The lowest BCUT2D eigenvalue weighted by Crippen LogP contribution is -2.34. The fourth-order valence-corrected chi connectivity index (χ4v) is 2.36. The van der Waals surface area contributed by atoms with Gasteiger partial charge in [0.15, 0.2) is 0 Å². The Kier molecular flexibility index (Phi) is 5.57. The average molecular weight is 271 g/mol. The van der Waals surface area contributed by atoms with Crippen LogP contribution in [0.15, 0.2) is 18.3 Å². The molecule has 2 N–H and O–H groups in total. The number of amides is 1. The van der Waals surface area contributed by atoms with Gasteiger partial charge in [-0.15, -0.1) is 0 Å². The highest BCUT2D eigenvalue weighted by atomic mass is 16.2. The van der Waals surface area contributed by atoms with Crippen molar-refractivity contribution in [3.8, 4) is 11.8 Å². The molecule has 2 heterocycles. The Balaban J connectivity index is 2.03. The van der Waals surface area contributed by atoms with E-state index in [1.807, 2.05) is 11.0 Å². The molecule has 2 rings (SSSR count). The Morgan fingerprint density at radius 1 is 1.20 bits per heavy atom. The molecule has 0 saturated carbocycles. The van der Waals surface area contributed by atoms with Crippen molar-refractivity contribution in [2.75, 3.05) is 19.6 Å². The second-order valence-corrected chi connectivity index (χ2v) is 5.00. The number of likely N-dealkylation sites (tertiary alicyclic amines) is 1. The molecule has 20 heavy (non-hydrogen) atoms. The van der Waals surface area contributed by atoms with Gasteiger partial charge >= 0.3 is 0 Å². The number of rotatable bonds is 1. The Hall–Kier alpha value is -1.86. The molecule has 0 unspecified atom stereocenters. The second kappa shape index (κ2) is 7.66. The summed E-state index contributed by atoms with van der Waals surface area (Å²) < 4.78 is 0. The van der Waals surface area contributed by atoms with Crippen LogP contribution in [0.25, 0.3) is 0 Å². The van der Waals surface area contributed by atoms with Crippen molar-refractivity contribution in [2.45, 2.75) is 32.1 Å². The van der Waals surface area contributed by atoms with Gasteiger partial charge in [-0.2, -0.15) is 0 Å². The molecule has 0 aliphatic carbocycles. The summed E-state index contributed by atoms with van der Waals surface area (Å²) >= 11 is 0. The van der Waals surface area contributed by atoms with Gasteiger partial charge in [0.25, 0.3) is 5.91 Å². The molecule has 0 atom stereocenters. The molecule has 1 aliphatic heterocycles. The van der Waals surface area contributed by atoms with E-state index in [0.717, 1.165) is 31.5 Å². The lowest BCUT2D eigenvalue weighted by molar-refractivity contribution is 0.0736. The van der Waals surface area contributed by atoms with Crippen LogP contribution in [0.2, 0.25) is 0 Å². The molecule has 106 valence electrons. The van der Waals surface area contributed by atoms with Gasteiger partial charge in [0.2, 0.25) is 0 Å². The zero-order valence-corrected chi connectivity index (χ0v) is 11.8. The van der Waals surface area contributed by atoms with Crippen molar-refractivity contribution in [2.24, 2.45) is 5.73 Å². The summed E-state index contributed by atoms with van der Waals surface area (Å²) in [5.41, 5.74) is 6.62. The number of nitrogens with two attached hydrogens (primary N) is 1. The maximum Gasteiger partial charge on any atom is 0.272 e. The fraction of sp³-hybridized carbons (Fsp3) is 0.500. The van der Waals surface area contributed by atoms with Crippen molar-refractivity contribution < 1.29 is 4.79 Å². The van der Waals surface area contributed by atoms with E-state index in [9.17, 15) is 4.79 Å². The molecule has 4 heteroatoms. The summed E-state index contributed by atoms with van der Waals surface area (Å²) in [5, 5.41) is 0. The third-order valence-electron chi connectivity index (χ3n) is 3.46. The number of hydrogen-bond donors (Lipinski definition) is 1. The van der Waals surface area contributed by atoms with Gasteiger partial charge < -0.3 is 10.6 Å². The number of aromatic nitrogens is 1. The van der Waals surface area contributed by atoms with Gasteiger partial charge in [-0.1, -0.05) is 31.1 Å². The number of pyridine rings is 1. The minimum Gasteiger partial charge on any atom is -0.337 e. The summed E-state index contributed by atoms with van der Waals surface area (Å²) in [6, 6.07) is 3.58. The van der Waals surface area contributed by atoms with Gasteiger partial charge in [-0.3, -0.25) is 4.79 Å². The SMILES string of the molecule is NCC#Cc1ccc(C(=O)N2CCCCCCC2)nc1. The Morgan fingerprint density at radius 2 is 1.90 bits per heavy atom. The van der Waals surface area contributed by atoms with Crippen LogP contribution >= 0.6 is 0 Å². The highest BCUT2D eigenvalue weighted by Crippen LogP contribution is 2.13. The molecule has 1 aromatic rings. The van der Waals surface area contributed by atoms with Crippen LogP contribution in [0.5, 0.6) is 0 Å². The minimum atomic E-state index is 0.0326. The van der Waals surface area contributed by atoms with Crippen molar-refractivity contribution >= 4 is 5.91 Å². The first-order chi connectivity index (χ1) is 9.81. The molecular formula is C16H21N3O. The van der Waals surface area contributed by atoms with E-state index >= 15 is 0 Å². The van der Waals surface area contributed by atoms with Crippen molar-refractivity contribution in [3.63, 3.8) is 0 Å². The largest absolute Gasteiger partial charge is 0.337 e. The third-order valence-corrected chi connectivity index (χ3v) is 3.46. The monoisotopic (exact) mass is 271 g/mol. The van der Waals surface area contributed by atoms with Crippen LogP contribution in [0, 0.1) is 11.8 Å². The number of nitrogens with zero attached hydrogens (tertiary/aromatic N) is 2. The predicted octanol–water partition coefficient (Wildman–Crippen LogP) is 1.80. The van der Waals surface area contributed by atoms with Gasteiger partial charge in [0, 0.05) is 24.8 Å².